The third-order valence-corrected chi connectivity index (χ3v) is 22.3. The number of fused-ring (bicyclic) bond motifs is 3. The molecule has 48 heteroatoms. The average molecular weight is 1870 g/mol. The van der Waals surface area contributed by atoms with E-state index in [0.29, 0.717) is 6.42 Å². The van der Waals surface area contributed by atoms with Gasteiger partial charge in [-0.2, -0.15) is 0 Å². The Morgan fingerprint density at radius 1 is 0.561 bits per heavy atom. The number of unbranched alkanes of at least 4 members (excludes halogenated alkanes) is 1. The van der Waals surface area contributed by atoms with E-state index < -0.39 is 339 Å². The Balaban J connectivity index is 1.13. The van der Waals surface area contributed by atoms with Crippen LogP contribution in [0.15, 0.2) is 42.5 Å². The molecule has 20 atom stereocenters. The Kier molecular flexibility index (Phi) is 40.7. The molecule has 48 nitrogen and oxygen atoms in total. The zero-order chi connectivity index (χ0) is 98.8. The van der Waals surface area contributed by atoms with Crippen LogP contribution >= 0.6 is 0 Å². The number of amides is 15. The molecule has 0 aromatic heterocycles. The van der Waals surface area contributed by atoms with Crippen LogP contribution in [0.3, 0.4) is 0 Å². The number of phenols is 3. The second-order valence-electron chi connectivity index (χ2n) is 32.9. The highest BCUT2D eigenvalue weighted by atomic mass is 16.7. The number of aliphatic hydroxyl groups is 8. The van der Waals surface area contributed by atoms with Crippen LogP contribution in [0.4, 0.5) is 0 Å². The Morgan fingerprint density at radius 3 is 1.56 bits per heavy atom. The highest BCUT2D eigenvalue weighted by Crippen LogP contribution is 2.53. The molecule has 1 saturated heterocycles. The lowest BCUT2D eigenvalue weighted by Gasteiger charge is -2.43. The minimum Gasteiger partial charge on any atom is -0.508 e. The van der Waals surface area contributed by atoms with Crippen LogP contribution in [0.2, 0.25) is 0 Å². The predicted octanol–water partition coefficient (Wildman–Crippen LogP) is -9.32. The van der Waals surface area contributed by atoms with E-state index >= 15 is 0 Å². The molecule has 3 aromatic rings. The van der Waals surface area contributed by atoms with Gasteiger partial charge in [-0.25, -0.2) is 0 Å². The highest BCUT2D eigenvalue weighted by molar-refractivity contribution is 6.31. The Labute approximate surface area is 756 Å². The van der Waals surface area contributed by atoms with Crippen molar-refractivity contribution in [3.05, 3.63) is 81.4 Å². The Morgan fingerprint density at radius 2 is 1.05 bits per heavy atom. The van der Waals surface area contributed by atoms with E-state index in [9.17, 15) is 142 Å². The fourth-order valence-corrected chi connectivity index (χ4v) is 14.9. The van der Waals surface area contributed by atoms with Crippen molar-refractivity contribution < 1.29 is 157 Å². The number of nitrogens with two attached hydrogens (primary N) is 3. The molecule has 6 rings (SSSR count). The number of aromatic hydroxyl groups is 3. The molecule has 1 heterocycles. The van der Waals surface area contributed by atoms with Gasteiger partial charge >= 0.3 is 0 Å². The summed E-state index contributed by atoms with van der Waals surface area (Å²) in [6.45, 7) is 5.03. The number of Topliss-reactive ketones (excluding diaryl/α,β-unsaturated/α-hetero) is 1. The molecule has 0 radical (unpaired) electrons. The van der Waals surface area contributed by atoms with Crippen LogP contribution in [0.25, 0.3) is 0 Å². The smallest absolute Gasteiger partial charge is 0.245 e. The summed E-state index contributed by atoms with van der Waals surface area (Å²) >= 11 is 0. The molecule has 0 unspecified atom stereocenters. The predicted molar refractivity (Wildman–Crippen MR) is 456 cm³/mol. The van der Waals surface area contributed by atoms with Gasteiger partial charge in [0, 0.05) is 55.7 Å². The number of nitrogens with one attached hydrogen (secondary N) is 13. The fraction of sp³-hybridized carbons (Fsp3) is 0.571. The molecule has 15 amide bonds. The van der Waals surface area contributed by atoms with E-state index in [1.54, 1.807) is 20.8 Å². The lowest BCUT2D eigenvalue weighted by Crippen LogP contribution is -2.63. The quantitative estimate of drug-likeness (QED) is 0.0144. The number of benzene rings is 3. The molecule has 1 aliphatic heterocycles. The first-order valence-electron chi connectivity index (χ1n) is 42.5. The van der Waals surface area contributed by atoms with E-state index in [1.165, 1.54) is 70.3 Å². The summed E-state index contributed by atoms with van der Waals surface area (Å²) in [7, 11) is 1.23. The van der Waals surface area contributed by atoms with Gasteiger partial charge in [0.1, 0.15) is 114 Å². The molecule has 0 bridgehead atoms. The van der Waals surface area contributed by atoms with E-state index in [-0.39, 0.29) is 66.0 Å². The summed E-state index contributed by atoms with van der Waals surface area (Å²) in [4.78, 5) is 246. The second-order valence-corrected chi connectivity index (χ2v) is 32.9. The normalized spacial score (nSPS) is 19.9. The monoisotopic (exact) mass is 1860 g/mol. The number of primary amides is 2. The van der Waals surface area contributed by atoms with Crippen molar-refractivity contribution in [2.75, 3.05) is 46.7 Å². The molecule has 2 aliphatic carbocycles. The molecular formula is C84H120N16O32. The minimum absolute atomic E-state index is 0.0576. The van der Waals surface area contributed by atoms with Gasteiger partial charge in [0.2, 0.25) is 94.4 Å². The summed E-state index contributed by atoms with van der Waals surface area (Å²) in [5.41, 5.74) is 11.6. The largest absolute Gasteiger partial charge is 0.508 e. The van der Waals surface area contributed by atoms with Gasteiger partial charge in [0.25, 0.3) is 0 Å². The van der Waals surface area contributed by atoms with Gasteiger partial charge in [0.05, 0.1) is 81.0 Å². The number of carbonyl (C=O) groups excluding carboxylic acids is 18. The van der Waals surface area contributed by atoms with Gasteiger partial charge in [0.15, 0.2) is 17.9 Å². The number of ether oxygens (including phenoxy) is 3. The number of hydrogen-bond acceptors (Lipinski definition) is 33. The molecule has 0 spiro atoms. The molecule has 0 saturated carbocycles. The molecule has 3 aromatic carbocycles. The Hall–Kier alpha value is -12.5. The van der Waals surface area contributed by atoms with Gasteiger partial charge < -0.3 is 157 Å². The van der Waals surface area contributed by atoms with Crippen molar-refractivity contribution in [3.8, 4) is 23.0 Å². The van der Waals surface area contributed by atoms with Gasteiger partial charge in [-0.05, 0) is 95.0 Å². The molecule has 3 aliphatic rings. The van der Waals surface area contributed by atoms with Gasteiger partial charge in [-0.1, -0.05) is 58.4 Å². The first-order chi connectivity index (χ1) is 62.2. The first kappa shape index (κ1) is 108. The zero-order valence-corrected chi connectivity index (χ0v) is 74.0. The lowest BCUT2D eigenvalue weighted by atomic mass is 9.72. The van der Waals surface area contributed by atoms with E-state index in [1.807, 2.05) is 10.6 Å². The SMILES string of the molecule is CC[C@H](C)[C@H](NC(=O)[C@H](CCCCN)NC(=O)[C@H](CC(N)=O)NC(=O)[C@H](C)NC(C)=O)C(=O)N[C@@H](CO)C(=O)N[C@@H](Cc1ccc(O)cc1)C(=O)N[C@@H](CCC(N)=O)C(=O)N[C@@H](CO)C(=O)N[C@@H](CO)C(=O)N[C@@H](CO)C(=O)N[C@H](C(=O)N[C@@H](CC(C)C)C(=O)N[C@H]1C[C@@H](O[C@H]2C[C@](O)(C(=O)CO)Cc3c(O)c4c(c(O)c32)C(=O)c2c(OC)cccc2C4=O)O[C@@H](C)[C@H]1O)[C@@H](C)O. The van der Waals surface area contributed by atoms with Gasteiger partial charge in [-0.15, -0.1) is 0 Å². The maximum Gasteiger partial charge on any atom is 0.245 e. The summed E-state index contributed by atoms with van der Waals surface area (Å²) in [6.07, 6.45) is -12.2. The first-order valence-corrected chi connectivity index (χ1v) is 42.5. The van der Waals surface area contributed by atoms with E-state index in [2.05, 4.69) is 58.5 Å². The van der Waals surface area contributed by atoms with E-state index in [4.69, 9.17) is 31.4 Å². The van der Waals surface area contributed by atoms with Crippen LogP contribution in [0.5, 0.6) is 23.0 Å². The van der Waals surface area contributed by atoms with Crippen molar-refractivity contribution in [2.45, 2.75) is 247 Å². The number of hydrogen-bond donors (Lipinski definition) is 27. The topological polar surface area (TPSA) is 792 Å². The maximum absolute atomic E-state index is 14.5. The molecule has 728 valence electrons. The highest BCUT2D eigenvalue weighted by Gasteiger charge is 2.52. The van der Waals surface area contributed by atoms with Gasteiger partial charge in [-0.3, -0.25) is 86.3 Å². The van der Waals surface area contributed by atoms with Crippen LogP contribution in [0, 0.1) is 11.8 Å². The van der Waals surface area contributed by atoms with Crippen molar-refractivity contribution >= 4 is 106 Å². The van der Waals surface area contributed by atoms with Crippen molar-refractivity contribution in [1.82, 2.24) is 69.1 Å². The molecule has 1 fully saturated rings. The third kappa shape index (κ3) is 28.7. The summed E-state index contributed by atoms with van der Waals surface area (Å²) in [5.74, 6) is -23.6. The number of rotatable bonds is 50. The summed E-state index contributed by atoms with van der Waals surface area (Å²) in [6, 6.07) is -13.8. The lowest BCUT2D eigenvalue weighted by molar-refractivity contribution is -0.249. The third-order valence-electron chi connectivity index (χ3n) is 22.3. The summed E-state index contributed by atoms with van der Waals surface area (Å²) in [5, 5.41) is 150. The van der Waals surface area contributed by atoms with Crippen LogP contribution in [-0.4, -0.2) is 318 Å². The van der Waals surface area contributed by atoms with Crippen LogP contribution < -0.4 is 91.1 Å². The van der Waals surface area contributed by atoms with Crippen LogP contribution in [0.1, 0.15) is 174 Å². The average Bonchev–Trinajstić information content (AvgIpc) is 0.708. The Bertz CT molecular complexity index is 4730. The number of aliphatic hydroxyl groups excluding tert-OH is 7. The molecule has 132 heavy (non-hydrogen) atoms. The van der Waals surface area contributed by atoms with Crippen LogP contribution in [-0.2, 0) is 99.0 Å². The second kappa shape index (κ2) is 49.6. The van der Waals surface area contributed by atoms with Crippen molar-refractivity contribution in [2.24, 2.45) is 29.0 Å². The standard InChI is InChI=1S/C84H120N16O32/c1-10-36(4)65(99-74(119)45(15-11-12-23-85)89-77(122)50(26-59(87)111)92-72(117)37(5)88-40(8)107)82(127)98-53(32-103)78(123)93-49(25-41-17-19-42(108)20-18-41)76(121)90-46(21-22-58(86)110)73(118)95-51(30-101)79(124)96-52(31-102)80(125)97-54(33-104)81(126)100-66(38(6)106)83(128)94-48(24-35(2)3)75(120)91-47-27-60(131-39(7)67(47)112)132-56-29-84(129,57(109)34-105)28-44-62(56)71(116)64-63(69(44)114)68(113)43-14-13-16-55(130-9)61(43)70(64)115/h13-14,16-20,35-39,45-54,56,60,65-67,101-106,108,112,114,116,129H,10-12,15,21-34,85H2,1-9H3,(H2,86,110)(H2,87,111)(H,88,107)(H,89,122)(H,90,121)(H,91,120)(H,92,117)(H,93,123)(H,94,128)(H,95,118)(H,96,124)(H,97,125)(H,98,127)(H,99,119)(H,100,126)/t36-,37-,38+,39-,45-,46-,47-,48-,49-,50-,51-,52-,53-,54-,56-,60+,65-,66-,67+,84-/m0/s1. The fourth-order valence-electron chi connectivity index (χ4n) is 14.9. The minimum atomic E-state index is -2.56. The van der Waals surface area contributed by atoms with Crippen molar-refractivity contribution in [1.29, 1.82) is 0 Å². The summed E-state index contributed by atoms with van der Waals surface area (Å²) < 4.78 is 17.6. The number of phenolic OH excluding ortho intramolecular Hbond substituents is 3. The zero-order valence-electron chi connectivity index (χ0n) is 74.0. The molecular weight excluding hydrogens is 1750 g/mol. The number of methoxy groups -OCH3 is 1. The number of carbonyl (C=O) groups is 18. The van der Waals surface area contributed by atoms with E-state index in [0.717, 1.165) is 13.8 Å². The van der Waals surface area contributed by atoms with Crippen molar-refractivity contribution in [3.63, 3.8) is 0 Å². The maximum atomic E-state index is 14.5. The molecule has 30 N–H and O–H groups in total. The number of ketones is 3.